The Hall–Kier alpha value is -2.23. The number of carbonyl (C=O) groups excluding carboxylic acids is 3. The lowest BCUT2D eigenvalue weighted by atomic mass is 10.0. The van der Waals surface area contributed by atoms with E-state index in [1.165, 1.54) is 244 Å². The molecule has 0 spiro atoms. The predicted molar refractivity (Wildman–Crippen MR) is 311 cm³/mol. The highest BCUT2D eigenvalue weighted by molar-refractivity contribution is 5.70. The van der Waals surface area contributed by atoms with Gasteiger partial charge >= 0.3 is 11.9 Å². The van der Waals surface area contributed by atoms with Crippen molar-refractivity contribution >= 4 is 17.9 Å². The summed E-state index contributed by atoms with van der Waals surface area (Å²) in [5.74, 6) is -2.26. The monoisotopic (exact) mass is 1050 g/mol. The molecule has 436 valence electrons. The third-order valence-corrected chi connectivity index (χ3v) is 14.5. The molecule has 0 N–H and O–H groups in total. The summed E-state index contributed by atoms with van der Waals surface area (Å²) >= 11 is 0. The molecule has 0 saturated carbocycles. The number of quaternary nitrogens is 1. The van der Waals surface area contributed by atoms with Gasteiger partial charge in [-0.1, -0.05) is 282 Å². The number of unbranched alkanes of at least 4 members (excludes halogenated alkanes) is 41. The van der Waals surface area contributed by atoms with Crippen LogP contribution in [0.15, 0.2) is 24.3 Å². The van der Waals surface area contributed by atoms with E-state index in [0.717, 1.165) is 44.9 Å². The molecule has 0 saturated heterocycles. The van der Waals surface area contributed by atoms with Crippen LogP contribution < -0.4 is 5.11 Å². The number of allylic oxidation sites excluding steroid dienone is 4. The first-order valence-electron chi connectivity index (χ1n) is 32.0. The highest BCUT2D eigenvalue weighted by Gasteiger charge is 2.22. The number of nitrogens with zero attached hydrogens (tertiary/aromatic N) is 1. The van der Waals surface area contributed by atoms with Gasteiger partial charge in [-0.05, 0) is 44.9 Å². The van der Waals surface area contributed by atoms with E-state index in [9.17, 15) is 19.5 Å². The van der Waals surface area contributed by atoms with Crippen molar-refractivity contribution in [1.29, 1.82) is 0 Å². The van der Waals surface area contributed by atoms with E-state index < -0.39 is 24.3 Å². The predicted octanol–water partition coefficient (Wildman–Crippen LogP) is 17.7. The van der Waals surface area contributed by atoms with E-state index in [4.69, 9.17) is 18.9 Å². The number of esters is 2. The smallest absolute Gasteiger partial charge is 0.306 e. The molecule has 0 aliphatic rings. The fourth-order valence-electron chi connectivity index (χ4n) is 9.51. The van der Waals surface area contributed by atoms with Gasteiger partial charge in [0.25, 0.3) is 0 Å². The van der Waals surface area contributed by atoms with Gasteiger partial charge in [0.05, 0.1) is 40.3 Å². The molecule has 0 aliphatic heterocycles. The molecule has 0 aromatic carbocycles. The number of hydrogen-bond donors (Lipinski definition) is 0. The van der Waals surface area contributed by atoms with Crippen LogP contribution in [0.5, 0.6) is 0 Å². The lowest BCUT2D eigenvalue weighted by molar-refractivity contribution is -0.870. The number of likely N-dealkylation sites (N-methyl/N-ethyl adjacent to an activating group) is 1. The van der Waals surface area contributed by atoms with Crippen molar-refractivity contribution in [3.63, 3.8) is 0 Å². The molecule has 0 aromatic heterocycles. The van der Waals surface area contributed by atoms with Crippen molar-refractivity contribution in [2.24, 2.45) is 0 Å². The minimum Gasteiger partial charge on any atom is -0.545 e. The largest absolute Gasteiger partial charge is 0.545 e. The van der Waals surface area contributed by atoms with Crippen molar-refractivity contribution in [3.05, 3.63) is 24.3 Å². The lowest BCUT2D eigenvalue weighted by Crippen LogP contribution is -2.44. The standard InChI is InChI=1S/C65H123NO8/c1-6-8-10-12-14-16-18-20-21-22-23-24-25-26-27-28-29-30-31-32-33-34-35-36-37-38-39-40-41-42-43-44-46-48-50-52-54-56-63(68)74-61(60-73-65(64(69)70)71-58-57-66(3,4)5)59-72-62(67)55-53-51-49-47-45-19-17-15-13-11-9-7-2/h18,20,22-23,61,65H,6-17,19,21,24-60H2,1-5H3/b20-18-,23-22-. The zero-order valence-electron chi connectivity index (χ0n) is 49.7. The van der Waals surface area contributed by atoms with Gasteiger partial charge in [-0.15, -0.1) is 0 Å². The molecule has 0 rings (SSSR count). The first-order valence-corrected chi connectivity index (χ1v) is 32.0. The van der Waals surface area contributed by atoms with Crippen LogP contribution in [0, 0.1) is 0 Å². The first-order chi connectivity index (χ1) is 36.1. The van der Waals surface area contributed by atoms with E-state index >= 15 is 0 Å². The van der Waals surface area contributed by atoms with Crippen molar-refractivity contribution in [3.8, 4) is 0 Å². The van der Waals surface area contributed by atoms with E-state index in [0.29, 0.717) is 17.4 Å². The molecule has 9 heteroatoms. The molecule has 2 atom stereocenters. The number of aliphatic carboxylic acids is 1. The van der Waals surface area contributed by atoms with Gasteiger partial charge in [0, 0.05) is 12.8 Å². The maximum absolute atomic E-state index is 12.9. The zero-order valence-corrected chi connectivity index (χ0v) is 49.7. The topological polar surface area (TPSA) is 111 Å². The summed E-state index contributed by atoms with van der Waals surface area (Å²) in [5, 5.41) is 11.8. The molecule has 2 unspecified atom stereocenters. The van der Waals surface area contributed by atoms with Crippen LogP contribution in [-0.2, 0) is 33.3 Å². The summed E-state index contributed by atoms with van der Waals surface area (Å²) in [5.41, 5.74) is 0. The highest BCUT2D eigenvalue weighted by atomic mass is 16.7. The average molecular weight is 1050 g/mol. The van der Waals surface area contributed by atoms with E-state index in [-0.39, 0.29) is 32.2 Å². The molecule has 0 aliphatic carbocycles. The molecular formula is C65H123NO8. The van der Waals surface area contributed by atoms with Gasteiger partial charge in [0.1, 0.15) is 13.2 Å². The van der Waals surface area contributed by atoms with Gasteiger partial charge < -0.3 is 33.3 Å². The second-order valence-corrected chi connectivity index (χ2v) is 23.1. The summed E-state index contributed by atoms with van der Waals surface area (Å²) in [4.78, 5) is 37.2. The van der Waals surface area contributed by atoms with Crippen LogP contribution >= 0.6 is 0 Å². The number of hydrogen-bond acceptors (Lipinski definition) is 8. The van der Waals surface area contributed by atoms with Crippen LogP contribution in [0.1, 0.15) is 316 Å². The quantitative estimate of drug-likeness (QED) is 0.0195. The summed E-state index contributed by atoms with van der Waals surface area (Å²) in [7, 11) is 5.93. The normalized spacial score (nSPS) is 12.8. The maximum Gasteiger partial charge on any atom is 0.306 e. The Morgan fingerprint density at radius 2 is 0.730 bits per heavy atom. The van der Waals surface area contributed by atoms with E-state index in [1.54, 1.807) is 0 Å². The van der Waals surface area contributed by atoms with Gasteiger partial charge in [0.2, 0.25) is 0 Å². The van der Waals surface area contributed by atoms with Gasteiger partial charge in [0.15, 0.2) is 12.4 Å². The first kappa shape index (κ1) is 71.8. The van der Waals surface area contributed by atoms with E-state index in [2.05, 4.69) is 38.2 Å². The molecule has 0 aromatic rings. The number of rotatable bonds is 60. The summed E-state index contributed by atoms with van der Waals surface area (Å²) in [6.07, 6.45) is 65.6. The third-order valence-electron chi connectivity index (χ3n) is 14.5. The Morgan fingerprint density at radius 1 is 0.405 bits per heavy atom. The Kier molecular flexibility index (Phi) is 55.2. The van der Waals surface area contributed by atoms with Crippen LogP contribution in [0.2, 0.25) is 0 Å². The lowest BCUT2D eigenvalue weighted by Gasteiger charge is -2.26. The highest BCUT2D eigenvalue weighted by Crippen LogP contribution is 2.18. The Bertz CT molecular complexity index is 1260. The SMILES string of the molecule is CCCCCCC/C=C\C/C=C\CCCCCCCCCCCCCCCCCCCCCCCCCCCC(=O)OC(COC(=O)CCCCCCCCCCCCCC)COC(OCC[N+](C)(C)C)C(=O)[O-]. The Balaban J connectivity index is 3.92. The molecule has 0 amide bonds. The van der Waals surface area contributed by atoms with Gasteiger partial charge in [-0.3, -0.25) is 9.59 Å². The van der Waals surface area contributed by atoms with Crippen molar-refractivity contribution < 1.29 is 42.9 Å². The molecule has 0 bridgehead atoms. The third kappa shape index (κ3) is 57.5. The second-order valence-electron chi connectivity index (χ2n) is 23.1. The molecule has 0 radical (unpaired) electrons. The van der Waals surface area contributed by atoms with Crippen LogP contribution in [0.3, 0.4) is 0 Å². The van der Waals surface area contributed by atoms with Crippen LogP contribution in [-0.4, -0.2) is 82.3 Å². The van der Waals surface area contributed by atoms with Gasteiger partial charge in [-0.2, -0.15) is 0 Å². The second kappa shape index (κ2) is 57.0. The number of ether oxygens (including phenoxy) is 4. The minimum absolute atomic E-state index is 0.152. The molecule has 9 nitrogen and oxygen atoms in total. The van der Waals surface area contributed by atoms with Crippen molar-refractivity contribution in [1.82, 2.24) is 0 Å². The fourth-order valence-corrected chi connectivity index (χ4v) is 9.51. The average Bonchev–Trinajstić information content (AvgIpc) is 3.37. The summed E-state index contributed by atoms with van der Waals surface area (Å²) in [6.45, 7) is 4.78. The zero-order chi connectivity index (χ0) is 54.1. The summed E-state index contributed by atoms with van der Waals surface area (Å²) in [6, 6.07) is 0. The molecule has 74 heavy (non-hydrogen) atoms. The fraction of sp³-hybridized carbons (Fsp3) is 0.892. The van der Waals surface area contributed by atoms with Crippen molar-refractivity contribution in [2.45, 2.75) is 328 Å². The Morgan fingerprint density at radius 3 is 1.07 bits per heavy atom. The molecule has 0 fully saturated rings. The Labute approximate surface area is 458 Å². The molecular weight excluding hydrogens is 923 g/mol. The summed E-state index contributed by atoms with van der Waals surface area (Å²) < 4.78 is 22.7. The van der Waals surface area contributed by atoms with Gasteiger partial charge in [-0.25, -0.2) is 0 Å². The maximum atomic E-state index is 12.9. The van der Waals surface area contributed by atoms with Crippen molar-refractivity contribution in [2.75, 3.05) is 47.5 Å². The van der Waals surface area contributed by atoms with Crippen LogP contribution in [0.25, 0.3) is 0 Å². The molecule has 0 heterocycles. The number of carbonyl (C=O) groups is 3. The van der Waals surface area contributed by atoms with Crippen LogP contribution in [0.4, 0.5) is 0 Å². The minimum atomic E-state index is -1.62. The van der Waals surface area contributed by atoms with E-state index in [1.807, 2.05) is 21.1 Å². The number of carboxylic acid groups (broad SMARTS) is 1. The number of carboxylic acids is 1.